The molecule has 0 radical (unpaired) electrons. The van der Waals surface area contributed by atoms with Crippen LogP contribution < -0.4 is 5.32 Å². The largest absolute Gasteiger partial charge is 0.444 e. The molecule has 1 N–H and O–H groups in total. The molecule has 6 nitrogen and oxygen atoms in total. The van der Waals surface area contributed by atoms with Gasteiger partial charge in [0.15, 0.2) is 0 Å². The molecule has 29 heavy (non-hydrogen) atoms. The molecule has 1 heterocycles. The molecule has 0 aliphatic heterocycles. The van der Waals surface area contributed by atoms with Crippen LogP contribution in [0.1, 0.15) is 51.9 Å². The van der Waals surface area contributed by atoms with Crippen LogP contribution in [0.25, 0.3) is 22.0 Å². The predicted molar refractivity (Wildman–Crippen MR) is 114 cm³/mol. The molecule has 0 fully saturated rings. The maximum atomic E-state index is 12.2. The number of carbonyl (C=O) groups is 2. The number of hydrogen-bond donors (Lipinski definition) is 1. The topological polar surface area (TPSA) is 73.2 Å². The minimum absolute atomic E-state index is 0.123. The monoisotopic (exact) mass is 393 g/mol. The average Bonchev–Trinajstić information content (AvgIpc) is 3.03. The van der Waals surface area contributed by atoms with Gasteiger partial charge in [0, 0.05) is 12.3 Å². The first-order valence-corrected chi connectivity index (χ1v) is 9.57. The smallest absolute Gasteiger partial charge is 0.408 e. The van der Waals surface area contributed by atoms with Gasteiger partial charge in [-0.1, -0.05) is 36.4 Å². The van der Waals surface area contributed by atoms with E-state index in [-0.39, 0.29) is 5.91 Å². The van der Waals surface area contributed by atoms with Gasteiger partial charge in [-0.05, 0) is 57.4 Å². The van der Waals surface area contributed by atoms with Gasteiger partial charge in [0.25, 0.3) is 0 Å². The van der Waals surface area contributed by atoms with Gasteiger partial charge in [-0.3, -0.25) is 4.79 Å². The predicted octanol–water partition coefficient (Wildman–Crippen LogP) is 5.12. The van der Waals surface area contributed by atoms with Crippen LogP contribution in [0.2, 0.25) is 0 Å². The Morgan fingerprint density at radius 2 is 1.59 bits per heavy atom. The van der Waals surface area contributed by atoms with Gasteiger partial charge >= 0.3 is 6.09 Å². The van der Waals surface area contributed by atoms with Gasteiger partial charge in [0.1, 0.15) is 5.60 Å². The Kier molecular flexibility index (Phi) is 5.22. The number of hydrogen-bond acceptors (Lipinski definition) is 4. The minimum Gasteiger partial charge on any atom is -0.444 e. The summed E-state index contributed by atoms with van der Waals surface area (Å²) in [7, 11) is 0. The molecule has 0 atom stereocenters. The van der Waals surface area contributed by atoms with E-state index in [1.165, 1.54) is 11.6 Å². The van der Waals surface area contributed by atoms with Crippen molar-refractivity contribution in [3.8, 4) is 11.1 Å². The number of benzene rings is 2. The van der Waals surface area contributed by atoms with Crippen LogP contribution in [0.3, 0.4) is 0 Å². The summed E-state index contributed by atoms with van der Waals surface area (Å²) in [6.07, 6.45) is 1.24. The van der Waals surface area contributed by atoms with Crippen LogP contribution in [-0.2, 0) is 10.3 Å². The summed E-state index contributed by atoms with van der Waals surface area (Å²) in [4.78, 5) is 23.9. The van der Waals surface area contributed by atoms with Gasteiger partial charge in [-0.15, -0.1) is 0 Å². The third kappa shape index (κ3) is 4.65. The molecule has 0 aliphatic rings. The van der Waals surface area contributed by atoms with Gasteiger partial charge in [-0.2, -0.15) is 5.10 Å². The molecule has 0 spiro atoms. The third-order valence-corrected chi connectivity index (χ3v) is 4.62. The van der Waals surface area contributed by atoms with Crippen molar-refractivity contribution in [2.45, 2.75) is 52.7 Å². The van der Waals surface area contributed by atoms with E-state index in [0.29, 0.717) is 0 Å². The highest BCUT2D eigenvalue weighted by Crippen LogP contribution is 2.28. The number of nitrogens with zero attached hydrogens (tertiary/aromatic N) is 2. The molecular weight excluding hydrogens is 366 g/mol. The summed E-state index contributed by atoms with van der Waals surface area (Å²) in [5.74, 6) is -0.123. The summed E-state index contributed by atoms with van der Waals surface area (Å²) in [5, 5.41) is 7.98. The lowest BCUT2D eigenvalue weighted by molar-refractivity contribution is 0.0470. The van der Waals surface area contributed by atoms with E-state index < -0.39 is 17.2 Å². The summed E-state index contributed by atoms with van der Waals surface area (Å²) in [6.45, 7) is 10.9. The molecule has 1 aromatic heterocycles. The number of aromatic nitrogens is 2. The summed E-state index contributed by atoms with van der Waals surface area (Å²) in [6, 6.07) is 13.9. The number of nitrogens with one attached hydrogen (secondary N) is 1. The second kappa shape index (κ2) is 7.35. The number of rotatable bonds is 3. The van der Waals surface area contributed by atoms with Gasteiger partial charge in [0.05, 0.1) is 17.3 Å². The zero-order chi connectivity index (χ0) is 21.4. The van der Waals surface area contributed by atoms with Crippen molar-refractivity contribution in [2.24, 2.45) is 0 Å². The lowest BCUT2D eigenvalue weighted by Gasteiger charge is -2.29. The molecule has 3 aromatic rings. The fourth-order valence-electron chi connectivity index (χ4n) is 3.16. The van der Waals surface area contributed by atoms with Crippen molar-refractivity contribution in [3.05, 3.63) is 54.2 Å². The first kappa shape index (κ1) is 20.6. The Morgan fingerprint density at radius 1 is 0.966 bits per heavy atom. The van der Waals surface area contributed by atoms with Crippen molar-refractivity contribution in [3.63, 3.8) is 0 Å². The molecule has 2 aromatic carbocycles. The Morgan fingerprint density at radius 3 is 2.17 bits per heavy atom. The highest BCUT2D eigenvalue weighted by molar-refractivity contribution is 5.92. The van der Waals surface area contributed by atoms with Crippen LogP contribution in [-0.4, -0.2) is 27.4 Å². The highest BCUT2D eigenvalue weighted by Gasteiger charge is 2.26. The van der Waals surface area contributed by atoms with E-state index in [0.717, 1.165) is 27.6 Å². The van der Waals surface area contributed by atoms with Crippen molar-refractivity contribution in [2.75, 3.05) is 0 Å². The van der Waals surface area contributed by atoms with Gasteiger partial charge < -0.3 is 10.1 Å². The maximum Gasteiger partial charge on any atom is 0.408 e. The molecule has 1 amide bonds. The van der Waals surface area contributed by atoms with Gasteiger partial charge in [-0.25, -0.2) is 9.48 Å². The lowest BCUT2D eigenvalue weighted by atomic mass is 9.92. The van der Waals surface area contributed by atoms with Gasteiger partial charge in [0.2, 0.25) is 5.91 Å². The molecular formula is C23H27N3O3. The van der Waals surface area contributed by atoms with E-state index in [9.17, 15) is 9.59 Å². The van der Waals surface area contributed by atoms with Crippen LogP contribution in [0.5, 0.6) is 0 Å². The zero-order valence-electron chi connectivity index (χ0n) is 17.7. The fourth-order valence-corrected chi connectivity index (χ4v) is 3.16. The number of alkyl carbamates (subject to hydrolysis) is 1. The quantitative estimate of drug-likeness (QED) is 0.670. The molecule has 3 rings (SSSR count). The normalized spacial score (nSPS) is 12.1. The molecule has 0 aliphatic carbocycles. The first-order chi connectivity index (χ1) is 13.5. The van der Waals surface area contributed by atoms with Crippen molar-refractivity contribution in [1.82, 2.24) is 15.1 Å². The number of ether oxygens (including phenoxy) is 1. The average molecular weight is 393 g/mol. The maximum absolute atomic E-state index is 12.2. The van der Waals surface area contributed by atoms with E-state index in [1.54, 1.807) is 6.20 Å². The SMILES string of the molecule is CC(=O)n1ncc2ccc(-c3ccc(C(C)(C)NC(=O)OC(C)(C)C)cc3)cc21. The standard InChI is InChI=1S/C23H27N3O3/c1-15(27)26-20-13-17(7-8-18(20)14-24-26)16-9-11-19(12-10-16)23(5,6)25-21(28)29-22(2,3)4/h7-14H,1-6H3,(H,25,28). The molecule has 0 saturated carbocycles. The Hall–Kier alpha value is -3.15. The van der Waals surface area contributed by atoms with Crippen molar-refractivity contribution >= 4 is 22.9 Å². The number of amides is 1. The summed E-state index contributed by atoms with van der Waals surface area (Å²) in [5.41, 5.74) is 2.62. The molecule has 152 valence electrons. The van der Waals surface area contributed by atoms with E-state index >= 15 is 0 Å². The number of fused-ring (bicyclic) bond motifs is 1. The Balaban J connectivity index is 1.84. The number of carbonyl (C=O) groups excluding carboxylic acids is 2. The van der Waals surface area contributed by atoms with E-state index in [4.69, 9.17) is 4.74 Å². The fraction of sp³-hybridized carbons (Fsp3) is 0.348. The minimum atomic E-state index is -0.585. The van der Waals surface area contributed by atoms with E-state index in [2.05, 4.69) is 10.4 Å². The zero-order valence-corrected chi connectivity index (χ0v) is 17.7. The second-order valence-corrected chi connectivity index (χ2v) is 8.68. The van der Waals surface area contributed by atoms with Crippen LogP contribution in [0.4, 0.5) is 4.79 Å². The lowest BCUT2D eigenvalue weighted by Crippen LogP contribution is -2.43. The van der Waals surface area contributed by atoms with Crippen LogP contribution >= 0.6 is 0 Å². The van der Waals surface area contributed by atoms with Crippen LogP contribution in [0, 0.1) is 0 Å². The van der Waals surface area contributed by atoms with Crippen molar-refractivity contribution < 1.29 is 14.3 Å². The highest BCUT2D eigenvalue weighted by atomic mass is 16.6. The second-order valence-electron chi connectivity index (χ2n) is 8.68. The Labute approximate surface area is 170 Å². The summed E-state index contributed by atoms with van der Waals surface area (Å²) < 4.78 is 6.77. The molecule has 0 saturated heterocycles. The first-order valence-electron chi connectivity index (χ1n) is 9.57. The summed E-state index contributed by atoms with van der Waals surface area (Å²) >= 11 is 0. The van der Waals surface area contributed by atoms with Crippen molar-refractivity contribution in [1.29, 1.82) is 0 Å². The molecule has 0 bridgehead atoms. The Bertz CT molecular complexity index is 1060. The molecule has 6 heteroatoms. The third-order valence-electron chi connectivity index (χ3n) is 4.62. The molecule has 0 unspecified atom stereocenters. The van der Waals surface area contributed by atoms with Crippen LogP contribution in [0.15, 0.2) is 48.7 Å². The van der Waals surface area contributed by atoms with E-state index in [1.807, 2.05) is 77.1 Å².